The summed E-state index contributed by atoms with van der Waals surface area (Å²) in [5, 5.41) is 6.45. The number of nitrogens with one attached hydrogen (secondary N) is 1. The molecule has 0 amide bonds. The summed E-state index contributed by atoms with van der Waals surface area (Å²) in [6.45, 7) is 0. The van der Waals surface area contributed by atoms with Gasteiger partial charge in [-0.15, -0.1) is 11.3 Å². The first-order chi connectivity index (χ1) is 10.3. The van der Waals surface area contributed by atoms with E-state index in [0.29, 0.717) is 12.1 Å². The Morgan fingerprint density at radius 2 is 1.86 bits per heavy atom. The van der Waals surface area contributed by atoms with Crippen molar-refractivity contribution in [1.82, 2.24) is 0 Å². The van der Waals surface area contributed by atoms with Crippen molar-refractivity contribution in [3.05, 3.63) is 65.7 Å². The van der Waals surface area contributed by atoms with Crippen LogP contribution in [0.25, 0.3) is 10.1 Å². The molecule has 1 aliphatic carbocycles. The molecule has 0 radical (unpaired) electrons. The summed E-state index contributed by atoms with van der Waals surface area (Å²) >= 11 is 1.64. The van der Waals surface area contributed by atoms with Crippen LogP contribution in [0.3, 0.4) is 0 Å². The standard InChI is InChI=1S/C17H12N2OS/c20-17-13-7-3-1-5-11(13)9-14(17)18-19-16-10-12-6-2-4-8-15(12)21-16/h1-8,10,19H,9H2/b18-14-. The lowest BCUT2D eigenvalue weighted by Gasteiger charge is -1.96. The molecule has 1 aliphatic rings. The second kappa shape index (κ2) is 4.82. The lowest BCUT2D eigenvalue weighted by atomic mass is 10.1. The summed E-state index contributed by atoms with van der Waals surface area (Å²) in [4.78, 5) is 12.2. The molecular weight excluding hydrogens is 280 g/mol. The fourth-order valence-corrected chi connectivity index (χ4v) is 3.47. The smallest absolute Gasteiger partial charge is 0.209 e. The molecule has 3 nitrogen and oxygen atoms in total. The number of fused-ring (bicyclic) bond motifs is 2. The average molecular weight is 292 g/mol. The summed E-state index contributed by atoms with van der Waals surface area (Å²) in [5.41, 5.74) is 5.43. The molecule has 1 heterocycles. The normalized spacial score (nSPS) is 15.6. The van der Waals surface area contributed by atoms with E-state index in [2.05, 4.69) is 28.7 Å². The van der Waals surface area contributed by atoms with Gasteiger partial charge >= 0.3 is 0 Å². The topological polar surface area (TPSA) is 41.5 Å². The molecule has 102 valence electrons. The van der Waals surface area contributed by atoms with Crippen molar-refractivity contribution < 1.29 is 4.79 Å². The third kappa shape index (κ3) is 2.14. The Kier molecular flexibility index (Phi) is 2.82. The van der Waals surface area contributed by atoms with Gasteiger partial charge in [-0.3, -0.25) is 10.2 Å². The fraction of sp³-hybridized carbons (Fsp3) is 0.0588. The van der Waals surface area contributed by atoms with Gasteiger partial charge in [-0.1, -0.05) is 42.5 Å². The summed E-state index contributed by atoms with van der Waals surface area (Å²) in [6, 6.07) is 17.9. The van der Waals surface area contributed by atoms with E-state index in [4.69, 9.17) is 0 Å². The van der Waals surface area contributed by atoms with E-state index >= 15 is 0 Å². The first-order valence-electron chi connectivity index (χ1n) is 6.75. The van der Waals surface area contributed by atoms with Crippen LogP contribution < -0.4 is 5.43 Å². The highest BCUT2D eigenvalue weighted by atomic mass is 32.1. The number of anilines is 1. The predicted molar refractivity (Wildman–Crippen MR) is 87.4 cm³/mol. The minimum atomic E-state index is 0.0270. The largest absolute Gasteiger partial charge is 0.287 e. The van der Waals surface area contributed by atoms with Gasteiger partial charge in [0.1, 0.15) is 10.7 Å². The molecule has 0 saturated heterocycles. The van der Waals surface area contributed by atoms with E-state index in [0.717, 1.165) is 16.1 Å². The molecule has 0 unspecified atom stereocenters. The second-order valence-corrected chi connectivity index (χ2v) is 6.07. The van der Waals surface area contributed by atoms with E-state index in [9.17, 15) is 4.79 Å². The molecule has 0 spiro atoms. The molecule has 4 rings (SSSR count). The van der Waals surface area contributed by atoms with Crippen molar-refractivity contribution in [1.29, 1.82) is 0 Å². The van der Waals surface area contributed by atoms with Gasteiger partial charge in [0.2, 0.25) is 5.78 Å². The first-order valence-corrected chi connectivity index (χ1v) is 7.57. The van der Waals surface area contributed by atoms with E-state index in [1.54, 1.807) is 11.3 Å². The highest BCUT2D eigenvalue weighted by Gasteiger charge is 2.25. The average Bonchev–Trinajstić information content (AvgIpc) is 3.07. The van der Waals surface area contributed by atoms with Crippen molar-refractivity contribution in [3.8, 4) is 0 Å². The molecule has 21 heavy (non-hydrogen) atoms. The van der Waals surface area contributed by atoms with Crippen LogP contribution in [-0.4, -0.2) is 11.5 Å². The summed E-state index contributed by atoms with van der Waals surface area (Å²) in [6.07, 6.45) is 0.604. The van der Waals surface area contributed by atoms with Crippen LogP contribution in [0.15, 0.2) is 59.7 Å². The maximum atomic E-state index is 12.2. The summed E-state index contributed by atoms with van der Waals surface area (Å²) in [5.74, 6) is 0.0270. The number of hydrazone groups is 1. The maximum Gasteiger partial charge on any atom is 0.209 e. The molecule has 0 atom stereocenters. The molecule has 0 saturated carbocycles. The third-order valence-electron chi connectivity index (χ3n) is 3.61. The van der Waals surface area contributed by atoms with E-state index in [1.807, 2.05) is 36.4 Å². The number of nitrogens with zero attached hydrogens (tertiary/aromatic N) is 1. The predicted octanol–water partition coefficient (Wildman–Crippen LogP) is 4.11. The zero-order valence-corrected chi connectivity index (χ0v) is 12.0. The first kappa shape index (κ1) is 12.3. The summed E-state index contributed by atoms with van der Waals surface area (Å²) < 4.78 is 1.21. The Morgan fingerprint density at radius 3 is 2.71 bits per heavy atom. The molecule has 2 aromatic carbocycles. The maximum absolute atomic E-state index is 12.2. The fourth-order valence-electron chi connectivity index (χ4n) is 2.56. The van der Waals surface area contributed by atoms with Gasteiger partial charge in [-0.05, 0) is 23.1 Å². The van der Waals surface area contributed by atoms with Crippen LogP contribution in [0.5, 0.6) is 0 Å². The minimum Gasteiger partial charge on any atom is -0.287 e. The van der Waals surface area contributed by atoms with Crippen molar-refractivity contribution >= 4 is 37.9 Å². The lowest BCUT2D eigenvalue weighted by molar-refractivity contribution is 0.106. The number of benzene rings is 2. The van der Waals surface area contributed by atoms with Gasteiger partial charge in [0.15, 0.2) is 0 Å². The van der Waals surface area contributed by atoms with Crippen LogP contribution >= 0.6 is 11.3 Å². The van der Waals surface area contributed by atoms with E-state index < -0.39 is 0 Å². The Bertz CT molecular complexity index is 846. The summed E-state index contributed by atoms with van der Waals surface area (Å²) in [7, 11) is 0. The Labute approximate surface area is 125 Å². The SMILES string of the molecule is O=C1/C(=N\Nc2cc3ccccc3s2)Cc2ccccc21. The molecule has 0 aliphatic heterocycles. The van der Waals surface area contributed by atoms with Crippen LogP contribution in [0.1, 0.15) is 15.9 Å². The molecule has 0 bridgehead atoms. The number of hydrogen-bond donors (Lipinski definition) is 1. The van der Waals surface area contributed by atoms with Crippen LogP contribution in [0, 0.1) is 0 Å². The van der Waals surface area contributed by atoms with Gasteiger partial charge in [-0.2, -0.15) is 5.10 Å². The number of hydrogen-bond acceptors (Lipinski definition) is 4. The van der Waals surface area contributed by atoms with Gasteiger partial charge in [-0.25, -0.2) is 0 Å². The molecule has 0 fully saturated rings. The Hall–Kier alpha value is -2.46. The van der Waals surface area contributed by atoms with Gasteiger partial charge in [0, 0.05) is 16.7 Å². The number of ketones is 1. The van der Waals surface area contributed by atoms with Gasteiger partial charge in [0.05, 0.1) is 0 Å². The Morgan fingerprint density at radius 1 is 1.05 bits per heavy atom. The number of thiophene rings is 1. The zero-order valence-electron chi connectivity index (χ0n) is 11.2. The van der Waals surface area contributed by atoms with Crippen molar-refractivity contribution in [3.63, 3.8) is 0 Å². The molecule has 4 heteroatoms. The molecule has 1 aromatic heterocycles. The van der Waals surface area contributed by atoms with E-state index in [1.165, 1.54) is 10.1 Å². The van der Waals surface area contributed by atoms with E-state index in [-0.39, 0.29) is 5.78 Å². The monoisotopic (exact) mass is 292 g/mol. The van der Waals surface area contributed by atoms with Crippen LogP contribution in [0.4, 0.5) is 5.00 Å². The minimum absolute atomic E-state index is 0.0270. The van der Waals surface area contributed by atoms with Gasteiger partial charge < -0.3 is 0 Å². The molecular formula is C17H12N2OS. The number of rotatable bonds is 2. The second-order valence-electron chi connectivity index (χ2n) is 4.98. The third-order valence-corrected chi connectivity index (χ3v) is 4.63. The van der Waals surface area contributed by atoms with Gasteiger partial charge in [0.25, 0.3) is 0 Å². The highest BCUT2D eigenvalue weighted by Crippen LogP contribution is 2.29. The number of Topliss-reactive ketones (excluding diaryl/α,β-unsaturated/α-hetero) is 1. The van der Waals surface area contributed by atoms with Crippen molar-refractivity contribution in [2.75, 3.05) is 5.43 Å². The number of carbonyl (C=O) groups is 1. The zero-order chi connectivity index (χ0) is 14.2. The highest BCUT2D eigenvalue weighted by molar-refractivity contribution is 7.22. The Balaban J connectivity index is 1.61. The molecule has 3 aromatic rings. The quantitative estimate of drug-likeness (QED) is 0.722. The van der Waals surface area contributed by atoms with Crippen LogP contribution in [-0.2, 0) is 6.42 Å². The van der Waals surface area contributed by atoms with Crippen LogP contribution in [0.2, 0.25) is 0 Å². The molecule has 1 N–H and O–H groups in total. The lowest BCUT2D eigenvalue weighted by Crippen LogP contribution is -2.09. The van der Waals surface area contributed by atoms with Crippen molar-refractivity contribution in [2.24, 2.45) is 5.10 Å². The number of carbonyl (C=O) groups excluding carboxylic acids is 1. The van der Waals surface area contributed by atoms with Crippen molar-refractivity contribution in [2.45, 2.75) is 6.42 Å².